The van der Waals surface area contributed by atoms with Gasteiger partial charge in [-0.3, -0.25) is 0 Å². The molecule has 0 radical (unpaired) electrons. The molecule has 98 valence electrons. The van der Waals surface area contributed by atoms with E-state index in [0.29, 0.717) is 26.2 Å². The van der Waals surface area contributed by atoms with Crippen molar-refractivity contribution in [1.29, 1.82) is 0 Å². The monoisotopic (exact) mass is 322 g/mol. The van der Waals surface area contributed by atoms with Crippen LogP contribution in [0.5, 0.6) is 0 Å². The van der Waals surface area contributed by atoms with Gasteiger partial charge in [-0.05, 0) is 0 Å². The predicted octanol–water partition coefficient (Wildman–Crippen LogP) is 0.942. The van der Waals surface area contributed by atoms with E-state index in [0.717, 1.165) is 12.8 Å². The zero-order chi connectivity index (χ0) is 13.4. The number of ketones is 3. The first-order chi connectivity index (χ1) is 9.16. The fraction of sp³-hybridized carbons (Fsp3) is 0.400. The van der Waals surface area contributed by atoms with E-state index in [-0.39, 0.29) is 11.8 Å². The summed E-state index contributed by atoms with van der Waals surface area (Å²) in [6.07, 6.45) is 2.39. The number of rotatable bonds is 2. The van der Waals surface area contributed by atoms with Crippen LogP contribution in [-0.2, 0) is 14.4 Å². The Hall–Kier alpha value is -1.25. The summed E-state index contributed by atoms with van der Waals surface area (Å²) in [5.41, 5.74) is 0. The van der Waals surface area contributed by atoms with Crippen molar-refractivity contribution in [3.8, 4) is 0 Å². The molecule has 0 heterocycles. The standard InChI is InChI=1S/C15H14O3Se/c16-13-11-7-6-10(8-12(11)14(17)15(13)18)19-9-4-2-1-3-5-9/h1-5,10-12H,6-8H2. The fourth-order valence-electron chi connectivity index (χ4n) is 2.99. The Labute approximate surface area is 117 Å². The molecular formula is C15H14O3Se. The van der Waals surface area contributed by atoms with Gasteiger partial charge in [0.15, 0.2) is 0 Å². The quantitative estimate of drug-likeness (QED) is 0.602. The summed E-state index contributed by atoms with van der Waals surface area (Å²) in [5.74, 6) is -2.22. The van der Waals surface area contributed by atoms with Gasteiger partial charge >= 0.3 is 117 Å². The second-order valence-corrected chi connectivity index (χ2v) is 8.02. The molecule has 0 saturated heterocycles. The SMILES string of the molecule is O=C1C(=O)C2CCC([Se]c3ccccc3)CC2C1=O. The molecule has 0 spiro atoms. The third-order valence-corrected chi connectivity index (χ3v) is 6.71. The first kappa shape index (κ1) is 12.8. The zero-order valence-electron chi connectivity index (χ0n) is 10.4. The van der Waals surface area contributed by atoms with Gasteiger partial charge in [0.25, 0.3) is 0 Å². The zero-order valence-corrected chi connectivity index (χ0v) is 12.1. The maximum atomic E-state index is 11.8. The van der Waals surface area contributed by atoms with Crippen LogP contribution in [0.2, 0.25) is 4.82 Å². The van der Waals surface area contributed by atoms with Crippen LogP contribution in [0.4, 0.5) is 0 Å². The van der Waals surface area contributed by atoms with Crippen molar-refractivity contribution in [2.45, 2.75) is 24.1 Å². The van der Waals surface area contributed by atoms with Gasteiger partial charge in [0, 0.05) is 0 Å². The van der Waals surface area contributed by atoms with Gasteiger partial charge in [-0.2, -0.15) is 0 Å². The van der Waals surface area contributed by atoms with Gasteiger partial charge in [-0.25, -0.2) is 0 Å². The molecular weight excluding hydrogens is 307 g/mol. The van der Waals surface area contributed by atoms with Crippen molar-refractivity contribution in [2.24, 2.45) is 11.8 Å². The molecule has 1 aromatic carbocycles. The Morgan fingerprint density at radius 1 is 0.895 bits per heavy atom. The van der Waals surface area contributed by atoms with E-state index in [1.807, 2.05) is 18.2 Å². The van der Waals surface area contributed by atoms with Crippen LogP contribution in [0, 0.1) is 11.8 Å². The minimum atomic E-state index is -0.747. The molecule has 4 heteroatoms. The average molecular weight is 321 g/mol. The summed E-state index contributed by atoms with van der Waals surface area (Å²) in [7, 11) is 0. The van der Waals surface area contributed by atoms with Gasteiger partial charge < -0.3 is 0 Å². The van der Waals surface area contributed by atoms with Crippen molar-refractivity contribution in [3.63, 3.8) is 0 Å². The molecule has 0 aliphatic heterocycles. The van der Waals surface area contributed by atoms with Crippen LogP contribution in [0.3, 0.4) is 0 Å². The summed E-state index contributed by atoms with van der Waals surface area (Å²) in [6, 6.07) is 10.3. The van der Waals surface area contributed by atoms with E-state index < -0.39 is 17.3 Å². The Balaban J connectivity index is 1.71. The molecule has 0 N–H and O–H groups in total. The molecule has 2 aliphatic carbocycles. The van der Waals surface area contributed by atoms with Crippen molar-refractivity contribution in [1.82, 2.24) is 0 Å². The molecule has 1 aromatic rings. The predicted molar refractivity (Wildman–Crippen MR) is 71.4 cm³/mol. The molecule has 19 heavy (non-hydrogen) atoms. The van der Waals surface area contributed by atoms with Gasteiger partial charge in [0.2, 0.25) is 0 Å². The van der Waals surface area contributed by atoms with E-state index in [1.54, 1.807) is 0 Å². The molecule has 3 rings (SSSR count). The van der Waals surface area contributed by atoms with Crippen LogP contribution < -0.4 is 4.46 Å². The van der Waals surface area contributed by atoms with Gasteiger partial charge in [0.05, 0.1) is 0 Å². The summed E-state index contributed by atoms with van der Waals surface area (Å²) < 4.78 is 1.32. The fourth-order valence-corrected chi connectivity index (χ4v) is 5.63. The first-order valence-corrected chi connectivity index (χ1v) is 8.35. The second kappa shape index (κ2) is 5.03. The van der Waals surface area contributed by atoms with Crippen molar-refractivity contribution in [3.05, 3.63) is 30.3 Å². The normalized spacial score (nSPS) is 30.5. The molecule has 0 bridgehead atoms. The second-order valence-electron chi connectivity index (χ2n) is 5.14. The van der Waals surface area contributed by atoms with Gasteiger partial charge in [-0.1, -0.05) is 0 Å². The number of benzene rings is 1. The van der Waals surface area contributed by atoms with Crippen LogP contribution in [-0.4, -0.2) is 32.3 Å². The van der Waals surface area contributed by atoms with Crippen LogP contribution in [0.25, 0.3) is 0 Å². The Morgan fingerprint density at radius 3 is 2.32 bits per heavy atom. The first-order valence-electron chi connectivity index (χ1n) is 6.51. The van der Waals surface area contributed by atoms with Gasteiger partial charge in [-0.15, -0.1) is 0 Å². The number of carbonyl (C=O) groups excluding carboxylic acids is 3. The average Bonchev–Trinajstić information content (AvgIpc) is 2.65. The minimum absolute atomic E-state index is 0.303. The van der Waals surface area contributed by atoms with E-state index in [2.05, 4.69) is 12.1 Å². The maximum absolute atomic E-state index is 11.8. The van der Waals surface area contributed by atoms with E-state index in [4.69, 9.17) is 0 Å². The summed E-state index contributed by atoms with van der Waals surface area (Å²) >= 11 is 0.321. The molecule has 2 fully saturated rings. The van der Waals surface area contributed by atoms with Crippen molar-refractivity contribution < 1.29 is 14.4 Å². The molecule has 3 unspecified atom stereocenters. The van der Waals surface area contributed by atoms with Crippen molar-refractivity contribution in [2.75, 3.05) is 0 Å². The molecule has 2 saturated carbocycles. The van der Waals surface area contributed by atoms with E-state index in [1.165, 1.54) is 4.46 Å². The topological polar surface area (TPSA) is 51.2 Å². The molecule has 3 nitrogen and oxygen atoms in total. The molecule has 0 amide bonds. The van der Waals surface area contributed by atoms with E-state index in [9.17, 15) is 14.4 Å². The van der Waals surface area contributed by atoms with Crippen LogP contribution >= 0.6 is 0 Å². The molecule has 3 atom stereocenters. The summed E-state index contributed by atoms with van der Waals surface area (Å²) in [4.78, 5) is 35.3. The molecule has 2 aliphatic rings. The number of Topliss-reactive ketones (excluding diaryl/α,β-unsaturated/α-hetero) is 3. The van der Waals surface area contributed by atoms with Crippen LogP contribution in [0.15, 0.2) is 30.3 Å². The van der Waals surface area contributed by atoms with Gasteiger partial charge in [0.1, 0.15) is 0 Å². The Bertz CT molecular complexity index is 538. The number of hydrogen-bond donors (Lipinski definition) is 0. The summed E-state index contributed by atoms with van der Waals surface area (Å²) in [6.45, 7) is 0. The Kier molecular flexibility index (Phi) is 3.38. The third-order valence-electron chi connectivity index (χ3n) is 3.97. The third kappa shape index (κ3) is 2.31. The number of fused-ring (bicyclic) bond motifs is 1. The Morgan fingerprint density at radius 2 is 1.58 bits per heavy atom. The number of hydrogen-bond acceptors (Lipinski definition) is 3. The number of carbonyl (C=O) groups is 3. The molecule has 0 aromatic heterocycles. The van der Waals surface area contributed by atoms with E-state index >= 15 is 0 Å². The summed E-state index contributed by atoms with van der Waals surface area (Å²) in [5, 5.41) is 0. The van der Waals surface area contributed by atoms with Crippen LogP contribution in [0.1, 0.15) is 19.3 Å². The van der Waals surface area contributed by atoms with Crippen molar-refractivity contribution >= 4 is 36.8 Å².